The van der Waals surface area contributed by atoms with E-state index >= 15 is 0 Å². The van der Waals surface area contributed by atoms with Gasteiger partial charge in [-0.15, -0.1) is 11.8 Å². The first-order valence-corrected chi connectivity index (χ1v) is 8.95. The highest BCUT2D eigenvalue weighted by molar-refractivity contribution is 7.99. The van der Waals surface area contributed by atoms with Crippen molar-refractivity contribution < 1.29 is 19.1 Å². The summed E-state index contributed by atoms with van der Waals surface area (Å²) in [6, 6.07) is 12.3. The number of thioether (sulfide) groups is 1. The summed E-state index contributed by atoms with van der Waals surface area (Å²) in [5.41, 5.74) is 1.73. The van der Waals surface area contributed by atoms with Crippen molar-refractivity contribution in [2.45, 2.75) is 5.75 Å². The predicted molar refractivity (Wildman–Crippen MR) is 101 cm³/mol. The van der Waals surface area contributed by atoms with Gasteiger partial charge >= 0.3 is 5.97 Å². The fourth-order valence-corrected chi connectivity index (χ4v) is 2.98. The summed E-state index contributed by atoms with van der Waals surface area (Å²) >= 11 is 7.31. The number of rotatable bonds is 7. The quantitative estimate of drug-likeness (QED) is 0.736. The number of methoxy groups -OCH3 is 2. The first kappa shape index (κ1) is 19.1. The van der Waals surface area contributed by atoms with Gasteiger partial charge in [-0.05, 0) is 35.9 Å². The number of carbonyl (C=O) groups excluding carboxylic acids is 2. The van der Waals surface area contributed by atoms with Crippen molar-refractivity contribution in [3.63, 3.8) is 0 Å². The highest BCUT2D eigenvalue weighted by atomic mass is 35.5. The van der Waals surface area contributed by atoms with Gasteiger partial charge < -0.3 is 14.8 Å². The van der Waals surface area contributed by atoms with Gasteiger partial charge in [0.15, 0.2) is 0 Å². The summed E-state index contributed by atoms with van der Waals surface area (Å²) in [5, 5.41) is 3.42. The smallest absolute Gasteiger partial charge is 0.340 e. The van der Waals surface area contributed by atoms with E-state index in [4.69, 9.17) is 21.1 Å². The fraction of sp³-hybridized carbons (Fsp3) is 0.222. The lowest BCUT2D eigenvalue weighted by atomic mass is 10.1. The minimum Gasteiger partial charge on any atom is -0.497 e. The minimum absolute atomic E-state index is 0.200. The van der Waals surface area contributed by atoms with E-state index in [1.807, 2.05) is 24.3 Å². The highest BCUT2D eigenvalue weighted by Crippen LogP contribution is 2.23. The van der Waals surface area contributed by atoms with Crippen molar-refractivity contribution >= 4 is 40.9 Å². The Kier molecular flexibility index (Phi) is 7.16. The van der Waals surface area contributed by atoms with Crippen molar-refractivity contribution in [2.75, 3.05) is 25.3 Å². The molecule has 0 aliphatic heterocycles. The normalized spacial score (nSPS) is 10.2. The number of ether oxygens (including phenoxy) is 2. The molecule has 2 aromatic rings. The van der Waals surface area contributed by atoms with Crippen LogP contribution in [0.4, 0.5) is 5.69 Å². The van der Waals surface area contributed by atoms with E-state index in [9.17, 15) is 9.59 Å². The molecule has 0 atom stereocenters. The van der Waals surface area contributed by atoms with Crippen LogP contribution in [-0.4, -0.2) is 31.8 Å². The second-order valence-corrected chi connectivity index (χ2v) is 6.49. The molecule has 0 aliphatic rings. The molecule has 0 heterocycles. The largest absolute Gasteiger partial charge is 0.497 e. The van der Waals surface area contributed by atoms with Gasteiger partial charge in [-0.3, -0.25) is 4.79 Å². The summed E-state index contributed by atoms with van der Waals surface area (Å²) < 4.78 is 9.84. The number of benzene rings is 2. The van der Waals surface area contributed by atoms with Gasteiger partial charge in [0.05, 0.1) is 31.2 Å². The van der Waals surface area contributed by atoms with Crippen LogP contribution in [0, 0.1) is 0 Å². The van der Waals surface area contributed by atoms with Crippen LogP contribution in [0.25, 0.3) is 0 Å². The third-order valence-electron chi connectivity index (χ3n) is 3.32. The highest BCUT2D eigenvalue weighted by Gasteiger charge is 2.15. The average molecular weight is 380 g/mol. The van der Waals surface area contributed by atoms with Gasteiger partial charge in [-0.2, -0.15) is 0 Å². The molecular formula is C18H18ClNO4S. The number of halogens is 1. The molecule has 5 nitrogen and oxygen atoms in total. The predicted octanol–water partition coefficient (Wildman–Crippen LogP) is 4.01. The standard InChI is InChI=1S/C18H18ClNO4S/c1-23-14-7-8-16(15(9-14)18(22)24-2)20-17(21)11-25-10-12-3-5-13(19)6-4-12/h3-9H,10-11H2,1-2H3,(H,20,21). The molecule has 1 N–H and O–H groups in total. The van der Waals surface area contributed by atoms with E-state index in [-0.39, 0.29) is 17.2 Å². The Labute approximate surface area is 155 Å². The van der Waals surface area contributed by atoms with E-state index in [0.29, 0.717) is 22.2 Å². The molecule has 7 heteroatoms. The van der Waals surface area contributed by atoms with Gasteiger partial charge in [0.1, 0.15) is 5.75 Å². The molecule has 2 aromatic carbocycles. The number of hydrogen-bond donors (Lipinski definition) is 1. The van der Waals surface area contributed by atoms with Crippen LogP contribution in [0.15, 0.2) is 42.5 Å². The molecule has 0 bridgehead atoms. The molecule has 25 heavy (non-hydrogen) atoms. The first-order valence-electron chi connectivity index (χ1n) is 7.42. The van der Waals surface area contributed by atoms with Gasteiger partial charge in [-0.1, -0.05) is 23.7 Å². The number of carbonyl (C=O) groups is 2. The van der Waals surface area contributed by atoms with Crippen LogP contribution in [0.2, 0.25) is 5.02 Å². The lowest BCUT2D eigenvalue weighted by Gasteiger charge is -2.11. The molecule has 1 amide bonds. The zero-order valence-electron chi connectivity index (χ0n) is 13.9. The molecule has 0 spiro atoms. The molecule has 0 saturated carbocycles. The van der Waals surface area contributed by atoms with Crippen LogP contribution in [-0.2, 0) is 15.3 Å². The molecule has 0 fully saturated rings. The maximum atomic E-state index is 12.1. The lowest BCUT2D eigenvalue weighted by Crippen LogP contribution is -2.17. The van der Waals surface area contributed by atoms with Crippen molar-refractivity contribution in [3.05, 3.63) is 58.6 Å². The maximum absolute atomic E-state index is 12.1. The summed E-state index contributed by atoms with van der Waals surface area (Å²) in [6.45, 7) is 0. The zero-order valence-corrected chi connectivity index (χ0v) is 15.4. The Morgan fingerprint density at radius 2 is 1.84 bits per heavy atom. The van der Waals surface area contributed by atoms with E-state index < -0.39 is 5.97 Å². The molecule has 2 rings (SSSR count). The van der Waals surface area contributed by atoms with E-state index in [2.05, 4.69) is 5.32 Å². The second kappa shape index (κ2) is 9.34. The molecular weight excluding hydrogens is 362 g/mol. The summed E-state index contributed by atoms with van der Waals surface area (Å²) in [5.74, 6) is 0.722. The van der Waals surface area contributed by atoms with Gasteiger partial charge in [-0.25, -0.2) is 4.79 Å². The molecule has 0 aromatic heterocycles. The van der Waals surface area contributed by atoms with Crippen LogP contribution >= 0.6 is 23.4 Å². The van der Waals surface area contributed by atoms with E-state index in [1.165, 1.54) is 32.0 Å². The fourth-order valence-electron chi connectivity index (χ4n) is 2.07. The lowest BCUT2D eigenvalue weighted by molar-refractivity contribution is -0.113. The van der Waals surface area contributed by atoms with Crippen LogP contribution < -0.4 is 10.1 Å². The van der Waals surface area contributed by atoms with Gasteiger partial charge in [0.25, 0.3) is 0 Å². The topological polar surface area (TPSA) is 64.6 Å². The summed E-state index contributed by atoms with van der Waals surface area (Å²) in [6.07, 6.45) is 0. The van der Waals surface area contributed by atoms with Crippen LogP contribution in [0.5, 0.6) is 5.75 Å². The zero-order chi connectivity index (χ0) is 18.2. The summed E-state index contributed by atoms with van der Waals surface area (Å²) in [4.78, 5) is 24.0. The van der Waals surface area contributed by atoms with Crippen molar-refractivity contribution in [2.24, 2.45) is 0 Å². The average Bonchev–Trinajstić information content (AvgIpc) is 2.63. The number of hydrogen-bond acceptors (Lipinski definition) is 5. The first-order chi connectivity index (χ1) is 12.0. The second-order valence-electron chi connectivity index (χ2n) is 5.07. The third kappa shape index (κ3) is 5.69. The Bertz CT molecular complexity index is 749. The van der Waals surface area contributed by atoms with Gasteiger partial charge in [0, 0.05) is 10.8 Å². The monoisotopic (exact) mass is 379 g/mol. The molecule has 0 saturated heterocycles. The van der Waals surface area contributed by atoms with E-state index in [1.54, 1.807) is 12.1 Å². The molecule has 0 unspecified atom stereocenters. The minimum atomic E-state index is -0.539. The molecule has 0 radical (unpaired) electrons. The van der Waals surface area contributed by atoms with Crippen molar-refractivity contribution in [3.8, 4) is 5.75 Å². The molecule has 0 aliphatic carbocycles. The number of amides is 1. The maximum Gasteiger partial charge on any atom is 0.340 e. The number of esters is 1. The third-order valence-corrected chi connectivity index (χ3v) is 4.58. The number of nitrogens with one attached hydrogen (secondary N) is 1. The van der Waals surface area contributed by atoms with E-state index in [0.717, 1.165) is 5.56 Å². The van der Waals surface area contributed by atoms with Crippen LogP contribution in [0.3, 0.4) is 0 Å². The number of anilines is 1. The van der Waals surface area contributed by atoms with Crippen LogP contribution in [0.1, 0.15) is 15.9 Å². The SMILES string of the molecule is COC(=O)c1cc(OC)ccc1NC(=O)CSCc1ccc(Cl)cc1. The Balaban J connectivity index is 1.95. The van der Waals surface area contributed by atoms with Crippen molar-refractivity contribution in [1.82, 2.24) is 0 Å². The Hall–Kier alpha value is -2.18. The van der Waals surface area contributed by atoms with Crippen molar-refractivity contribution in [1.29, 1.82) is 0 Å². The van der Waals surface area contributed by atoms with Gasteiger partial charge in [0.2, 0.25) is 5.91 Å². The molecule has 132 valence electrons. The summed E-state index contributed by atoms with van der Waals surface area (Å²) in [7, 11) is 2.79. The Morgan fingerprint density at radius 1 is 1.12 bits per heavy atom. The Morgan fingerprint density at radius 3 is 2.48 bits per heavy atom.